The summed E-state index contributed by atoms with van der Waals surface area (Å²) in [5, 5.41) is 7.35. The van der Waals surface area contributed by atoms with E-state index in [0.29, 0.717) is 11.8 Å². The summed E-state index contributed by atoms with van der Waals surface area (Å²) in [6.07, 6.45) is 4.87. The van der Waals surface area contributed by atoms with Crippen molar-refractivity contribution in [3.05, 3.63) is 54.2 Å². The van der Waals surface area contributed by atoms with Gasteiger partial charge in [-0.1, -0.05) is 17.3 Å². The van der Waals surface area contributed by atoms with E-state index in [-0.39, 0.29) is 0 Å². The Morgan fingerprint density at radius 1 is 1.12 bits per heavy atom. The molecule has 0 aliphatic heterocycles. The molecule has 2 N–H and O–H groups in total. The molecule has 26 heavy (non-hydrogen) atoms. The quantitative estimate of drug-likeness (QED) is 0.555. The Bertz CT molecular complexity index is 999. The van der Waals surface area contributed by atoms with Crippen LogP contribution in [0.1, 0.15) is 30.4 Å². The predicted octanol–water partition coefficient (Wildman–Crippen LogP) is 3.54. The average molecular weight is 346 g/mol. The molecule has 0 spiro atoms. The summed E-state index contributed by atoms with van der Waals surface area (Å²) in [4.78, 5) is 16.8. The van der Waals surface area contributed by atoms with Gasteiger partial charge in [0.05, 0.1) is 16.6 Å². The maximum absolute atomic E-state index is 5.33. The van der Waals surface area contributed by atoms with Gasteiger partial charge in [-0.15, -0.1) is 0 Å². The Labute approximate surface area is 149 Å². The molecule has 1 aliphatic rings. The molecular formula is C19H18N6O. The van der Waals surface area contributed by atoms with Crippen LogP contribution in [0.2, 0.25) is 0 Å². The molecule has 3 heterocycles. The molecule has 0 amide bonds. The highest BCUT2D eigenvalue weighted by Gasteiger charge is 2.28. The monoisotopic (exact) mass is 346 g/mol. The van der Waals surface area contributed by atoms with Gasteiger partial charge in [0.1, 0.15) is 11.6 Å². The molecule has 0 bridgehead atoms. The van der Waals surface area contributed by atoms with Crippen molar-refractivity contribution in [2.75, 3.05) is 11.9 Å². The number of benzene rings is 1. The third-order valence-electron chi connectivity index (χ3n) is 4.50. The van der Waals surface area contributed by atoms with Gasteiger partial charge in [0.25, 0.3) is 5.89 Å². The molecular weight excluding hydrogens is 328 g/mol. The zero-order valence-corrected chi connectivity index (χ0v) is 14.1. The first-order valence-electron chi connectivity index (χ1n) is 8.83. The highest BCUT2D eigenvalue weighted by molar-refractivity contribution is 5.74. The van der Waals surface area contributed by atoms with Gasteiger partial charge in [0, 0.05) is 25.1 Å². The maximum atomic E-state index is 5.33. The van der Waals surface area contributed by atoms with Crippen LogP contribution in [0.5, 0.6) is 0 Å². The fourth-order valence-corrected chi connectivity index (χ4v) is 2.92. The highest BCUT2D eigenvalue weighted by Crippen LogP contribution is 2.38. The lowest BCUT2D eigenvalue weighted by molar-refractivity contribution is 0.422. The lowest BCUT2D eigenvalue weighted by Gasteiger charge is -2.04. The number of anilines is 1. The third-order valence-corrected chi connectivity index (χ3v) is 4.50. The van der Waals surface area contributed by atoms with Crippen LogP contribution in [-0.4, -0.2) is 31.6 Å². The highest BCUT2D eigenvalue weighted by atomic mass is 16.5. The molecule has 1 saturated carbocycles. The number of hydrogen-bond donors (Lipinski definition) is 2. The summed E-state index contributed by atoms with van der Waals surface area (Å²) in [6, 6.07) is 11.9. The van der Waals surface area contributed by atoms with Crippen LogP contribution in [0.25, 0.3) is 22.5 Å². The van der Waals surface area contributed by atoms with Crippen LogP contribution in [0, 0.1) is 0 Å². The van der Waals surface area contributed by atoms with E-state index >= 15 is 0 Å². The number of aromatic nitrogens is 5. The standard InChI is InChI=1S/C19H18N6O/c1-2-4-15-14(3-1)22-17(23-15)9-10-20-16-8-7-13(11-21-16)19-24-18(25-26-19)12-5-6-12/h1-4,7-8,11-12H,5-6,9-10H2,(H,20,21)(H,22,23). The fraction of sp³-hybridized carbons (Fsp3) is 0.263. The van der Waals surface area contributed by atoms with Gasteiger partial charge >= 0.3 is 0 Å². The molecule has 1 aromatic carbocycles. The fourth-order valence-electron chi connectivity index (χ4n) is 2.92. The van der Waals surface area contributed by atoms with Crippen LogP contribution < -0.4 is 5.32 Å². The number of nitrogens with zero attached hydrogens (tertiary/aromatic N) is 4. The van der Waals surface area contributed by atoms with Crippen molar-refractivity contribution >= 4 is 16.9 Å². The number of pyridine rings is 1. The Morgan fingerprint density at radius 3 is 2.85 bits per heavy atom. The summed E-state index contributed by atoms with van der Waals surface area (Å²) < 4.78 is 5.33. The van der Waals surface area contributed by atoms with E-state index in [1.54, 1.807) is 6.20 Å². The molecule has 0 atom stereocenters. The first-order chi connectivity index (χ1) is 12.8. The van der Waals surface area contributed by atoms with Crippen LogP contribution in [0.15, 0.2) is 47.1 Å². The van der Waals surface area contributed by atoms with Crippen molar-refractivity contribution in [1.82, 2.24) is 25.1 Å². The number of para-hydroxylation sites is 2. The normalized spacial score (nSPS) is 14.0. The molecule has 7 nitrogen and oxygen atoms in total. The van der Waals surface area contributed by atoms with E-state index < -0.39 is 0 Å². The van der Waals surface area contributed by atoms with Crippen LogP contribution in [-0.2, 0) is 6.42 Å². The van der Waals surface area contributed by atoms with E-state index in [1.807, 2.05) is 36.4 Å². The van der Waals surface area contributed by atoms with Gasteiger partial charge in [0.2, 0.25) is 0 Å². The first-order valence-corrected chi connectivity index (χ1v) is 8.83. The van der Waals surface area contributed by atoms with Crippen molar-refractivity contribution in [2.24, 2.45) is 0 Å². The van der Waals surface area contributed by atoms with Gasteiger partial charge in [0.15, 0.2) is 5.82 Å². The maximum Gasteiger partial charge on any atom is 0.259 e. The largest absolute Gasteiger partial charge is 0.370 e. The molecule has 1 aliphatic carbocycles. The summed E-state index contributed by atoms with van der Waals surface area (Å²) >= 11 is 0. The summed E-state index contributed by atoms with van der Waals surface area (Å²) in [5.41, 5.74) is 2.90. The van der Waals surface area contributed by atoms with E-state index in [4.69, 9.17) is 4.52 Å². The minimum atomic E-state index is 0.486. The van der Waals surface area contributed by atoms with Crippen LogP contribution >= 0.6 is 0 Å². The van der Waals surface area contributed by atoms with Crippen molar-refractivity contribution in [3.63, 3.8) is 0 Å². The number of hydrogen-bond acceptors (Lipinski definition) is 6. The zero-order valence-electron chi connectivity index (χ0n) is 14.1. The second-order valence-electron chi connectivity index (χ2n) is 6.54. The molecule has 130 valence electrons. The summed E-state index contributed by atoms with van der Waals surface area (Å²) in [7, 11) is 0. The molecule has 5 rings (SSSR count). The van der Waals surface area contributed by atoms with Gasteiger partial charge in [-0.05, 0) is 37.1 Å². The topological polar surface area (TPSA) is 92.5 Å². The number of H-pyrrole nitrogens is 1. The smallest absolute Gasteiger partial charge is 0.259 e. The Morgan fingerprint density at radius 2 is 2.04 bits per heavy atom. The Hall–Kier alpha value is -3.22. The van der Waals surface area contributed by atoms with Crippen molar-refractivity contribution in [1.29, 1.82) is 0 Å². The molecule has 0 unspecified atom stereocenters. The van der Waals surface area contributed by atoms with Crippen molar-refractivity contribution < 1.29 is 4.52 Å². The Balaban J connectivity index is 1.20. The van der Waals surface area contributed by atoms with Crippen LogP contribution in [0.4, 0.5) is 5.82 Å². The van der Waals surface area contributed by atoms with Gasteiger partial charge in [-0.2, -0.15) is 4.98 Å². The second kappa shape index (κ2) is 6.25. The lowest BCUT2D eigenvalue weighted by Crippen LogP contribution is -2.07. The third kappa shape index (κ3) is 3.03. The minimum Gasteiger partial charge on any atom is -0.370 e. The van der Waals surface area contributed by atoms with Gasteiger partial charge < -0.3 is 14.8 Å². The van der Waals surface area contributed by atoms with Gasteiger partial charge in [-0.3, -0.25) is 0 Å². The summed E-state index contributed by atoms with van der Waals surface area (Å²) in [5.74, 6) is 3.61. The molecule has 0 radical (unpaired) electrons. The van der Waals surface area contributed by atoms with Crippen molar-refractivity contribution in [3.8, 4) is 11.5 Å². The Kier molecular flexibility index (Phi) is 3.62. The van der Waals surface area contributed by atoms with Crippen LogP contribution in [0.3, 0.4) is 0 Å². The number of fused-ring (bicyclic) bond motifs is 1. The van der Waals surface area contributed by atoms with E-state index in [0.717, 1.165) is 59.9 Å². The average Bonchev–Trinajstić information content (AvgIpc) is 3.26. The first kappa shape index (κ1) is 15.1. The number of imidazole rings is 1. The van der Waals surface area contributed by atoms with E-state index in [1.165, 1.54) is 0 Å². The van der Waals surface area contributed by atoms with Crippen molar-refractivity contribution in [2.45, 2.75) is 25.2 Å². The summed E-state index contributed by atoms with van der Waals surface area (Å²) in [6.45, 7) is 0.749. The molecule has 7 heteroatoms. The zero-order chi connectivity index (χ0) is 17.3. The molecule has 0 saturated heterocycles. The number of aromatic amines is 1. The predicted molar refractivity (Wildman–Crippen MR) is 97.8 cm³/mol. The molecule has 3 aromatic heterocycles. The minimum absolute atomic E-state index is 0.486. The number of nitrogens with one attached hydrogen (secondary N) is 2. The van der Waals surface area contributed by atoms with E-state index in [9.17, 15) is 0 Å². The second-order valence-corrected chi connectivity index (χ2v) is 6.54. The van der Waals surface area contributed by atoms with Gasteiger partial charge in [-0.25, -0.2) is 9.97 Å². The molecule has 4 aromatic rings. The molecule has 1 fully saturated rings. The SMILES string of the molecule is c1ccc2[nH]c(CCNc3ccc(-c4nc(C5CC5)no4)cn3)nc2c1. The van der Waals surface area contributed by atoms with E-state index in [2.05, 4.69) is 30.4 Å². The lowest BCUT2D eigenvalue weighted by atomic mass is 10.3. The number of rotatable bonds is 6.